The maximum absolute atomic E-state index is 12.9. The molecule has 1 aliphatic rings. The van der Waals surface area contributed by atoms with E-state index in [1.165, 1.54) is 33.1 Å². The van der Waals surface area contributed by atoms with Crippen LogP contribution in [0.4, 0.5) is 64.1 Å². The number of aliphatic hydroxyl groups is 2. The Morgan fingerprint density at radius 2 is 0.892 bits per heavy atom. The Bertz CT molecular complexity index is 4430. The SMILES string of the molecule is CCN(C(=O)c1ccc(-c2cc(C(F)(F)F)n(C)n2)s1)c1ccccc1.COC(CCCNC(=O)c1ccc(-c2cc(C(F)(F)F)n(C)n2)s1)OC.Cn1nc(-c2ccc(C(=O)N(CCO)c3ccccc3)s2)cc1C(F)(F)F.Cn1nc(-c2ccc(C(=O)N3CC[C@@H](O)C3)s2)cc1C(F)(F)F. The zero-order chi connectivity index (χ0) is 74.6. The summed E-state index contributed by atoms with van der Waals surface area (Å²) in [4.78, 5) is 58.2. The summed E-state index contributed by atoms with van der Waals surface area (Å²) in [5.74, 6) is -1.02. The van der Waals surface area contributed by atoms with Gasteiger partial charge in [-0.1, -0.05) is 36.4 Å². The van der Waals surface area contributed by atoms with Crippen molar-refractivity contribution in [2.45, 2.75) is 63.3 Å². The molecule has 11 rings (SSSR count). The topological polar surface area (TPSA) is 220 Å². The number of carbonyl (C=O) groups excluding carboxylic acids is 4. The smallest absolute Gasteiger partial charge is 0.395 e. The number of nitrogens with one attached hydrogen (secondary N) is 1. The number of aliphatic hydroxyl groups excluding tert-OH is 2. The van der Waals surface area contributed by atoms with Gasteiger partial charge in [0, 0.05) is 92.9 Å². The molecule has 0 radical (unpaired) electrons. The Morgan fingerprint density at radius 1 is 0.539 bits per heavy atom. The fourth-order valence-electron chi connectivity index (χ4n) is 10.1. The Hall–Kier alpha value is -9.04. The van der Waals surface area contributed by atoms with Gasteiger partial charge in [-0.25, -0.2) is 0 Å². The number of amides is 4. The van der Waals surface area contributed by atoms with E-state index in [2.05, 4.69) is 25.7 Å². The maximum Gasteiger partial charge on any atom is 0.433 e. The number of nitrogens with zero attached hydrogens (tertiary/aromatic N) is 11. The number of hydrogen-bond acceptors (Lipinski definition) is 16. The van der Waals surface area contributed by atoms with E-state index in [0.717, 1.165) is 94.0 Å². The fourth-order valence-corrected chi connectivity index (χ4v) is 13.8. The van der Waals surface area contributed by atoms with E-state index in [1.54, 1.807) is 96.8 Å². The lowest BCUT2D eigenvalue weighted by Crippen LogP contribution is -2.32. The second-order valence-electron chi connectivity index (χ2n) is 22.2. The highest BCUT2D eigenvalue weighted by Crippen LogP contribution is 2.39. The van der Waals surface area contributed by atoms with Crippen LogP contribution in [0.5, 0.6) is 0 Å². The number of para-hydroxylation sites is 2. The summed E-state index contributed by atoms with van der Waals surface area (Å²) < 4.78 is 168. The molecule has 546 valence electrons. The fraction of sp³-hybridized carbons (Fsp3) is 0.333. The first-order chi connectivity index (χ1) is 48.1. The summed E-state index contributed by atoms with van der Waals surface area (Å²) in [6.07, 6.45) is -16.9. The third-order valence-electron chi connectivity index (χ3n) is 15.1. The van der Waals surface area contributed by atoms with Gasteiger partial charge in [0.15, 0.2) is 6.29 Å². The largest absolute Gasteiger partial charge is 0.433 e. The number of carbonyl (C=O) groups is 4. The molecule has 0 saturated carbocycles. The van der Waals surface area contributed by atoms with Gasteiger partial charge in [-0.2, -0.15) is 73.1 Å². The molecule has 0 aliphatic carbocycles. The number of hydrogen-bond donors (Lipinski definition) is 3. The third-order valence-corrected chi connectivity index (χ3v) is 19.5. The Labute approximate surface area is 591 Å². The van der Waals surface area contributed by atoms with Crippen molar-refractivity contribution in [3.8, 4) is 42.3 Å². The second-order valence-corrected chi connectivity index (χ2v) is 26.5. The summed E-state index contributed by atoms with van der Waals surface area (Å²) in [5, 5.41) is 37.1. The number of likely N-dealkylation sites (tertiary alicyclic amines) is 1. The molecule has 0 bridgehead atoms. The minimum atomic E-state index is -4.50. The highest BCUT2D eigenvalue weighted by molar-refractivity contribution is 7.18. The van der Waals surface area contributed by atoms with Crippen molar-refractivity contribution in [3.05, 3.63) is 176 Å². The highest BCUT2D eigenvalue weighted by Gasteiger charge is 2.39. The molecule has 1 fully saturated rings. The Morgan fingerprint density at radius 3 is 1.24 bits per heavy atom. The first kappa shape index (κ1) is 78.7. The zero-order valence-electron chi connectivity index (χ0n) is 55.2. The normalized spacial score (nSPS) is 13.3. The summed E-state index contributed by atoms with van der Waals surface area (Å²) in [5.41, 5.74) is -1.23. The van der Waals surface area contributed by atoms with Crippen LogP contribution < -0.4 is 15.1 Å². The molecule has 0 spiro atoms. The van der Waals surface area contributed by atoms with E-state index in [-0.39, 0.29) is 72.4 Å². The summed E-state index contributed by atoms with van der Waals surface area (Å²) in [6.45, 7) is 3.46. The van der Waals surface area contributed by atoms with Crippen LogP contribution >= 0.6 is 45.3 Å². The number of ether oxygens (including phenoxy) is 2. The van der Waals surface area contributed by atoms with Gasteiger partial charge in [0.05, 0.1) is 51.7 Å². The van der Waals surface area contributed by atoms with Crippen LogP contribution in [0, 0.1) is 0 Å². The minimum absolute atomic E-state index is 0.109. The van der Waals surface area contributed by atoms with Crippen LogP contribution in [0.2, 0.25) is 0 Å². The monoisotopic (exact) mass is 1510 g/mol. The van der Waals surface area contributed by atoms with Crippen LogP contribution in [0.3, 0.4) is 0 Å². The van der Waals surface area contributed by atoms with Crippen molar-refractivity contribution in [2.75, 3.05) is 63.4 Å². The molecular weight excluding hydrogens is 1450 g/mol. The van der Waals surface area contributed by atoms with E-state index in [4.69, 9.17) is 9.47 Å². The predicted octanol–water partition coefficient (Wildman–Crippen LogP) is 14.3. The Balaban J connectivity index is 0.000000173. The average Bonchev–Trinajstić information content (AvgIpc) is 1.85. The molecule has 1 aliphatic heterocycles. The molecule has 0 unspecified atom stereocenters. The number of anilines is 2. The van der Waals surface area contributed by atoms with Gasteiger partial charge in [-0.15, -0.1) is 45.3 Å². The second kappa shape index (κ2) is 33.8. The number of halogens is 12. The first-order valence-corrected chi connectivity index (χ1v) is 33.9. The Kier molecular flexibility index (Phi) is 26.1. The summed E-state index contributed by atoms with van der Waals surface area (Å²) in [6, 6.07) is 34.7. The van der Waals surface area contributed by atoms with Crippen LogP contribution in [0.1, 0.15) is 87.6 Å². The van der Waals surface area contributed by atoms with E-state index in [0.29, 0.717) is 83.6 Å². The van der Waals surface area contributed by atoms with Gasteiger partial charge < -0.3 is 39.7 Å². The average molecular weight is 1510 g/mol. The molecule has 9 heterocycles. The van der Waals surface area contributed by atoms with Crippen molar-refractivity contribution in [3.63, 3.8) is 0 Å². The quantitative estimate of drug-likeness (QED) is 0.0391. The van der Waals surface area contributed by atoms with Crippen molar-refractivity contribution in [1.29, 1.82) is 0 Å². The number of rotatable bonds is 19. The molecular formula is C66H66F12N12O8S4. The van der Waals surface area contributed by atoms with E-state index >= 15 is 0 Å². The van der Waals surface area contributed by atoms with Gasteiger partial charge >= 0.3 is 24.7 Å². The highest BCUT2D eigenvalue weighted by atomic mass is 32.1. The number of alkyl halides is 12. The van der Waals surface area contributed by atoms with Gasteiger partial charge in [0.25, 0.3) is 23.6 Å². The van der Waals surface area contributed by atoms with Crippen LogP contribution in [-0.2, 0) is 62.4 Å². The standard InChI is InChI=1S/C18H16F3N3O2S.C18H16F3N3OS.C16H20F3N3O3S.C14H14F3N3O2S/c1-23-16(18(19,20)21)11-13(22-23)14-7-8-15(27-14)17(26)24(9-10-25)12-5-3-2-4-6-12;1-3-24(12-7-5-4-6-8-12)17(25)15-10-9-14(26-15)13-11-16(18(19,20)21)23(2)22-13;1-22-13(16(17,18)19)9-10(21-22)11-6-7-12(26-11)15(23)20-8-4-5-14(24-2)25-3;1-19-12(14(15,16)17)6-9(18-19)10-2-3-11(23-10)13(22)20-5-4-8(21)7-20/h2-8,11,25H,9-10H2,1H3;4-11H,3H2,1-2H3;6-7,9,14H,4-5,8H2,1-3H3,(H,20,23);2-3,6,8,21H,4-5,7H2,1H3/t;;;8-/m...1/s1. The number of thiophene rings is 4. The molecule has 20 nitrogen and oxygen atoms in total. The van der Waals surface area contributed by atoms with E-state index < -0.39 is 53.6 Å². The zero-order valence-corrected chi connectivity index (χ0v) is 58.4. The lowest BCUT2D eigenvalue weighted by atomic mass is 10.2. The van der Waals surface area contributed by atoms with Gasteiger partial charge in [0.2, 0.25) is 0 Å². The number of aryl methyl sites for hydroxylation is 4. The van der Waals surface area contributed by atoms with Crippen molar-refractivity contribution < 1.29 is 91.5 Å². The van der Waals surface area contributed by atoms with Gasteiger partial charge in [0.1, 0.15) is 45.6 Å². The van der Waals surface area contributed by atoms with E-state index in [9.17, 15) is 82.1 Å². The first-order valence-electron chi connectivity index (χ1n) is 30.6. The summed E-state index contributed by atoms with van der Waals surface area (Å²) in [7, 11) is 8.03. The lowest BCUT2D eigenvalue weighted by Gasteiger charge is -2.21. The third kappa shape index (κ3) is 20.0. The minimum Gasteiger partial charge on any atom is -0.395 e. The van der Waals surface area contributed by atoms with E-state index in [1.807, 2.05) is 43.3 Å². The molecule has 36 heteroatoms. The molecule has 2 aromatic carbocycles. The molecule has 10 aromatic rings. The van der Waals surface area contributed by atoms with Gasteiger partial charge in [-0.05, 0) is 117 Å². The summed E-state index contributed by atoms with van der Waals surface area (Å²) >= 11 is 4.38. The van der Waals surface area contributed by atoms with Crippen molar-refractivity contribution in [2.24, 2.45) is 28.2 Å². The molecule has 3 N–H and O–H groups in total. The predicted molar refractivity (Wildman–Crippen MR) is 361 cm³/mol. The van der Waals surface area contributed by atoms with Crippen LogP contribution in [0.25, 0.3) is 42.3 Å². The van der Waals surface area contributed by atoms with Crippen molar-refractivity contribution >= 4 is 80.4 Å². The maximum atomic E-state index is 12.9. The molecule has 102 heavy (non-hydrogen) atoms. The van der Waals surface area contributed by atoms with Crippen LogP contribution in [0.15, 0.2) is 133 Å². The molecule has 1 saturated heterocycles. The lowest BCUT2D eigenvalue weighted by molar-refractivity contribution is -0.144. The molecule has 1 atom stereocenters. The molecule has 8 aromatic heterocycles. The van der Waals surface area contributed by atoms with Crippen LogP contribution in [-0.4, -0.2) is 144 Å². The molecule has 4 amide bonds. The number of β-amino-alcohol motifs (C(OH)–C–C–N with tert-alkyl or cyclic N) is 1. The van der Waals surface area contributed by atoms with Crippen molar-refractivity contribution in [1.82, 2.24) is 49.3 Å². The number of aromatic nitrogens is 8. The number of benzene rings is 2. The van der Waals surface area contributed by atoms with Gasteiger partial charge in [-0.3, -0.25) is 37.9 Å². The number of methoxy groups -OCH3 is 2.